The molecular formula is C20H23N3O4. The van der Waals surface area contributed by atoms with Gasteiger partial charge in [-0.1, -0.05) is 12.1 Å². The van der Waals surface area contributed by atoms with Crippen molar-refractivity contribution in [2.75, 3.05) is 26.2 Å². The van der Waals surface area contributed by atoms with Gasteiger partial charge in [0.2, 0.25) is 5.91 Å². The van der Waals surface area contributed by atoms with Gasteiger partial charge in [0.05, 0.1) is 11.6 Å². The molecule has 1 aliphatic rings. The molecule has 2 amide bonds. The maximum atomic E-state index is 12.3. The van der Waals surface area contributed by atoms with Crippen LogP contribution >= 0.6 is 0 Å². The molecule has 0 bridgehead atoms. The second-order valence-electron chi connectivity index (χ2n) is 7.18. The number of nitrogens with zero attached hydrogens (tertiary/aromatic N) is 3. The Balaban J connectivity index is 1.88. The summed E-state index contributed by atoms with van der Waals surface area (Å²) in [5, 5.41) is 8.88. The molecule has 1 aromatic carbocycles. The summed E-state index contributed by atoms with van der Waals surface area (Å²) in [5.74, 6) is -0.628. The Morgan fingerprint density at radius 2 is 1.70 bits per heavy atom. The number of allylic oxidation sites excluding steroid dienone is 1. The van der Waals surface area contributed by atoms with Crippen LogP contribution in [0.3, 0.4) is 0 Å². The van der Waals surface area contributed by atoms with Crippen LogP contribution in [0.25, 0.3) is 0 Å². The first-order valence-electron chi connectivity index (χ1n) is 8.69. The van der Waals surface area contributed by atoms with E-state index < -0.39 is 11.7 Å². The fraction of sp³-hybridized carbons (Fsp3) is 0.400. The normalized spacial score (nSPS) is 14.7. The molecule has 0 N–H and O–H groups in total. The molecule has 1 saturated heterocycles. The molecule has 1 aromatic rings. The van der Waals surface area contributed by atoms with Crippen LogP contribution in [-0.4, -0.2) is 59.4 Å². The van der Waals surface area contributed by atoms with E-state index in [0.29, 0.717) is 37.3 Å². The minimum absolute atomic E-state index is 0.288. The average molecular weight is 369 g/mol. The van der Waals surface area contributed by atoms with Crippen molar-refractivity contribution in [3.8, 4) is 6.07 Å². The summed E-state index contributed by atoms with van der Waals surface area (Å²) in [5.41, 5.74) is 0.183. The van der Waals surface area contributed by atoms with Gasteiger partial charge in [0.15, 0.2) is 5.78 Å². The van der Waals surface area contributed by atoms with Crippen LogP contribution in [0.15, 0.2) is 36.4 Å². The SMILES string of the molecule is CC(C)(C)OC(=O)N1CCN(C(=O)/C=C/C(=O)c2cccc(C#N)c2)CC1. The molecule has 1 heterocycles. The van der Waals surface area contributed by atoms with E-state index in [9.17, 15) is 14.4 Å². The topological polar surface area (TPSA) is 90.7 Å². The van der Waals surface area contributed by atoms with Gasteiger partial charge >= 0.3 is 6.09 Å². The van der Waals surface area contributed by atoms with E-state index in [1.54, 1.807) is 48.8 Å². The van der Waals surface area contributed by atoms with Gasteiger partial charge in [-0.25, -0.2) is 4.79 Å². The lowest BCUT2D eigenvalue weighted by molar-refractivity contribution is -0.127. The van der Waals surface area contributed by atoms with Crippen LogP contribution in [0.1, 0.15) is 36.7 Å². The molecule has 27 heavy (non-hydrogen) atoms. The maximum Gasteiger partial charge on any atom is 0.410 e. The molecule has 142 valence electrons. The monoisotopic (exact) mass is 369 g/mol. The number of amides is 2. The zero-order chi connectivity index (χ0) is 20.0. The Morgan fingerprint density at radius 1 is 1.07 bits per heavy atom. The Kier molecular flexibility index (Phi) is 6.35. The third-order valence-corrected chi connectivity index (χ3v) is 3.90. The summed E-state index contributed by atoms with van der Waals surface area (Å²) in [6.07, 6.45) is 2.04. The van der Waals surface area contributed by atoms with Crippen molar-refractivity contribution in [1.29, 1.82) is 5.26 Å². The highest BCUT2D eigenvalue weighted by atomic mass is 16.6. The van der Waals surface area contributed by atoms with Crippen LogP contribution in [-0.2, 0) is 9.53 Å². The Labute approximate surface area is 158 Å². The van der Waals surface area contributed by atoms with Crippen molar-refractivity contribution >= 4 is 17.8 Å². The van der Waals surface area contributed by atoms with Crippen LogP contribution in [0.2, 0.25) is 0 Å². The first kappa shape index (κ1) is 20.2. The van der Waals surface area contributed by atoms with E-state index in [2.05, 4.69) is 0 Å². The summed E-state index contributed by atoms with van der Waals surface area (Å²) in [6.45, 7) is 6.93. The van der Waals surface area contributed by atoms with E-state index in [0.717, 1.165) is 0 Å². The van der Waals surface area contributed by atoms with Crippen LogP contribution in [0, 0.1) is 11.3 Å². The molecule has 0 aromatic heterocycles. The maximum absolute atomic E-state index is 12.3. The number of ether oxygens (including phenoxy) is 1. The number of hydrogen-bond donors (Lipinski definition) is 0. The smallest absolute Gasteiger partial charge is 0.410 e. The summed E-state index contributed by atoms with van der Waals surface area (Å²) in [7, 11) is 0. The molecule has 0 saturated carbocycles. The second kappa shape index (κ2) is 8.49. The number of nitriles is 1. The van der Waals surface area contributed by atoms with Crippen molar-refractivity contribution in [2.24, 2.45) is 0 Å². The zero-order valence-electron chi connectivity index (χ0n) is 15.8. The predicted octanol–water partition coefficient (Wildman–Crippen LogP) is 2.38. The number of piperazine rings is 1. The first-order valence-corrected chi connectivity index (χ1v) is 8.69. The quantitative estimate of drug-likeness (QED) is 0.603. The third-order valence-electron chi connectivity index (χ3n) is 3.90. The summed E-state index contributed by atoms with van der Waals surface area (Å²) < 4.78 is 5.32. The molecule has 0 aliphatic carbocycles. The van der Waals surface area contributed by atoms with Crippen LogP contribution in [0.4, 0.5) is 4.79 Å². The van der Waals surface area contributed by atoms with Crippen molar-refractivity contribution in [2.45, 2.75) is 26.4 Å². The average Bonchev–Trinajstić information content (AvgIpc) is 2.64. The highest BCUT2D eigenvalue weighted by Gasteiger charge is 2.27. The summed E-state index contributed by atoms with van der Waals surface area (Å²) >= 11 is 0. The lowest BCUT2D eigenvalue weighted by Gasteiger charge is -2.35. The minimum Gasteiger partial charge on any atom is -0.444 e. The van der Waals surface area contributed by atoms with Gasteiger partial charge in [0, 0.05) is 37.8 Å². The van der Waals surface area contributed by atoms with Crippen LogP contribution < -0.4 is 0 Å². The molecule has 7 heteroatoms. The third kappa shape index (κ3) is 5.96. The number of hydrogen-bond acceptors (Lipinski definition) is 5. The second-order valence-corrected chi connectivity index (χ2v) is 7.18. The van der Waals surface area contributed by atoms with Gasteiger partial charge in [-0.3, -0.25) is 9.59 Å². The molecule has 1 fully saturated rings. The fourth-order valence-corrected chi connectivity index (χ4v) is 2.53. The fourth-order valence-electron chi connectivity index (χ4n) is 2.53. The van der Waals surface area contributed by atoms with E-state index in [4.69, 9.17) is 10.00 Å². The van der Waals surface area contributed by atoms with Gasteiger partial charge in [-0.15, -0.1) is 0 Å². The lowest BCUT2D eigenvalue weighted by atomic mass is 10.1. The number of ketones is 1. The number of carbonyl (C=O) groups is 3. The van der Waals surface area contributed by atoms with Crippen LogP contribution in [0.5, 0.6) is 0 Å². The van der Waals surface area contributed by atoms with Gasteiger partial charge < -0.3 is 14.5 Å². The van der Waals surface area contributed by atoms with E-state index in [1.165, 1.54) is 18.2 Å². The number of rotatable bonds is 3. The molecule has 7 nitrogen and oxygen atoms in total. The molecule has 0 spiro atoms. The standard InChI is InChI=1S/C20H23N3O4/c1-20(2,3)27-19(26)23-11-9-22(10-12-23)18(25)8-7-17(24)16-6-4-5-15(13-16)14-21/h4-8,13H,9-12H2,1-3H3/b8-7+. The number of benzene rings is 1. The summed E-state index contributed by atoms with van der Waals surface area (Å²) in [4.78, 5) is 39.6. The van der Waals surface area contributed by atoms with Gasteiger partial charge in [-0.05, 0) is 39.0 Å². The summed E-state index contributed by atoms with van der Waals surface area (Å²) in [6, 6.07) is 8.28. The Morgan fingerprint density at radius 3 is 2.30 bits per heavy atom. The zero-order valence-corrected chi connectivity index (χ0v) is 15.8. The van der Waals surface area contributed by atoms with Crippen molar-refractivity contribution in [3.05, 3.63) is 47.5 Å². The molecule has 0 radical (unpaired) electrons. The van der Waals surface area contributed by atoms with Crippen molar-refractivity contribution in [1.82, 2.24) is 9.80 Å². The van der Waals surface area contributed by atoms with E-state index in [1.807, 2.05) is 6.07 Å². The molecule has 0 unspecified atom stereocenters. The van der Waals surface area contributed by atoms with Gasteiger partial charge in [0.25, 0.3) is 0 Å². The molecule has 0 atom stereocenters. The predicted molar refractivity (Wildman–Crippen MR) is 99.0 cm³/mol. The van der Waals surface area contributed by atoms with E-state index >= 15 is 0 Å². The minimum atomic E-state index is -0.560. The molecule has 2 rings (SSSR count). The Bertz CT molecular complexity index is 794. The van der Waals surface area contributed by atoms with Gasteiger partial charge in [0.1, 0.15) is 5.60 Å². The van der Waals surface area contributed by atoms with Crippen molar-refractivity contribution < 1.29 is 19.1 Å². The first-order chi connectivity index (χ1) is 12.7. The molecule has 1 aliphatic heterocycles. The number of carbonyl (C=O) groups excluding carboxylic acids is 3. The highest BCUT2D eigenvalue weighted by molar-refractivity contribution is 6.07. The Hall–Kier alpha value is -3.14. The molecular weight excluding hydrogens is 346 g/mol. The van der Waals surface area contributed by atoms with Gasteiger partial charge in [-0.2, -0.15) is 5.26 Å². The van der Waals surface area contributed by atoms with Crippen molar-refractivity contribution in [3.63, 3.8) is 0 Å². The van der Waals surface area contributed by atoms with E-state index in [-0.39, 0.29) is 11.7 Å². The lowest BCUT2D eigenvalue weighted by Crippen LogP contribution is -2.51. The highest BCUT2D eigenvalue weighted by Crippen LogP contribution is 2.12. The largest absolute Gasteiger partial charge is 0.444 e.